The van der Waals surface area contributed by atoms with E-state index in [2.05, 4.69) is 10.1 Å². The number of nitrogens with zero attached hydrogens (tertiary/aromatic N) is 5. The van der Waals surface area contributed by atoms with Gasteiger partial charge in [0.1, 0.15) is 5.76 Å². The number of aliphatic carboxylic acids is 1. The first-order chi connectivity index (χ1) is 18.4. The van der Waals surface area contributed by atoms with E-state index in [1.165, 1.54) is 6.26 Å². The van der Waals surface area contributed by atoms with Crippen molar-refractivity contribution in [3.8, 4) is 0 Å². The molecular formula is C26H28F3N5O5. The van der Waals surface area contributed by atoms with Crippen LogP contribution in [0.2, 0.25) is 0 Å². The minimum atomic E-state index is -5.08. The van der Waals surface area contributed by atoms with Crippen molar-refractivity contribution in [3.63, 3.8) is 0 Å². The Bertz CT molecular complexity index is 1340. The van der Waals surface area contributed by atoms with Gasteiger partial charge in [0.05, 0.1) is 17.2 Å². The number of rotatable bonds is 4. The van der Waals surface area contributed by atoms with Crippen molar-refractivity contribution in [2.45, 2.75) is 38.4 Å². The summed E-state index contributed by atoms with van der Waals surface area (Å²) >= 11 is 0. The van der Waals surface area contributed by atoms with Crippen LogP contribution in [0.25, 0.3) is 0 Å². The van der Waals surface area contributed by atoms with E-state index >= 15 is 0 Å². The Morgan fingerprint density at radius 2 is 1.87 bits per heavy atom. The van der Waals surface area contributed by atoms with E-state index in [1.54, 1.807) is 31.6 Å². The van der Waals surface area contributed by atoms with Crippen LogP contribution in [-0.2, 0) is 23.2 Å². The summed E-state index contributed by atoms with van der Waals surface area (Å²) in [5.74, 6) is -2.24. The van der Waals surface area contributed by atoms with Crippen LogP contribution >= 0.6 is 0 Å². The molecule has 2 fully saturated rings. The van der Waals surface area contributed by atoms with Crippen molar-refractivity contribution >= 4 is 17.8 Å². The lowest BCUT2D eigenvalue weighted by atomic mass is 9.70. The van der Waals surface area contributed by atoms with Crippen LogP contribution in [0.3, 0.4) is 0 Å². The molecule has 2 aliphatic rings. The molecular weight excluding hydrogens is 519 g/mol. The highest BCUT2D eigenvalue weighted by atomic mass is 19.4. The predicted octanol–water partition coefficient (Wildman–Crippen LogP) is 3.40. The van der Waals surface area contributed by atoms with E-state index in [-0.39, 0.29) is 17.7 Å². The van der Waals surface area contributed by atoms with Crippen LogP contribution in [0.15, 0.2) is 53.5 Å². The zero-order chi connectivity index (χ0) is 28.4. The number of pyridine rings is 1. The average Bonchev–Trinajstić information content (AvgIpc) is 3.61. The van der Waals surface area contributed by atoms with Gasteiger partial charge in [-0.25, -0.2) is 4.79 Å². The van der Waals surface area contributed by atoms with Crippen molar-refractivity contribution in [1.82, 2.24) is 24.6 Å². The summed E-state index contributed by atoms with van der Waals surface area (Å²) < 4.78 is 38.9. The predicted molar refractivity (Wildman–Crippen MR) is 130 cm³/mol. The largest absolute Gasteiger partial charge is 0.490 e. The van der Waals surface area contributed by atoms with Crippen LogP contribution < -0.4 is 0 Å². The molecule has 1 spiro atoms. The normalized spacial score (nSPS) is 21.2. The quantitative estimate of drug-likeness (QED) is 0.531. The fourth-order valence-corrected chi connectivity index (χ4v) is 5.38. The van der Waals surface area contributed by atoms with E-state index in [1.807, 2.05) is 39.7 Å². The molecule has 2 aliphatic heterocycles. The lowest BCUT2D eigenvalue weighted by Gasteiger charge is -2.42. The summed E-state index contributed by atoms with van der Waals surface area (Å²) in [6.07, 6.45) is 3.37. The monoisotopic (exact) mass is 547 g/mol. The third-order valence-corrected chi connectivity index (χ3v) is 7.26. The summed E-state index contributed by atoms with van der Waals surface area (Å²) in [6.45, 7) is 3.95. The average molecular weight is 548 g/mol. The number of hydrogen-bond donors (Lipinski definition) is 1. The second-order valence-corrected chi connectivity index (χ2v) is 9.65. The second-order valence-electron chi connectivity index (χ2n) is 9.65. The molecule has 2 saturated heterocycles. The number of likely N-dealkylation sites (tertiary alicyclic amines) is 2. The van der Waals surface area contributed by atoms with Gasteiger partial charge in [0.2, 0.25) is 5.91 Å². The molecule has 0 bridgehead atoms. The Morgan fingerprint density at radius 3 is 2.44 bits per heavy atom. The first-order valence-corrected chi connectivity index (χ1v) is 12.2. The molecule has 0 radical (unpaired) electrons. The van der Waals surface area contributed by atoms with Crippen LogP contribution in [0.5, 0.6) is 0 Å². The Balaban J connectivity index is 0.000000448. The SMILES string of the molecule is Cc1occc1C(=O)N1C[C@@H](c2ccnn2C)[C@@]2(CCCN(Cc3ccncc3)C2=O)C1.O=C(O)C(F)(F)F. The number of halogens is 3. The zero-order valence-electron chi connectivity index (χ0n) is 21.4. The summed E-state index contributed by atoms with van der Waals surface area (Å²) in [6, 6.07) is 7.57. The van der Waals surface area contributed by atoms with Crippen LogP contribution in [0, 0.1) is 12.3 Å². The Labute approximate surface area is 222 Å². The van der Waals surface area contributed by atoms with Crippen LogP contribution in [0.1, 0.15) is 46.1 Å². The Kier molecular flexibility index (Phi) is 7.79. The van der Waals surface area contributed by atoms with E-state index in [0.717, 1.165) is 30.6 Å². The Hall–Kier alpha value is -4.16. The highest BCUT2D eigenvalue weighted by Gasteiger charge is 2.57. The molecule has 208 valence electrons. The number of carbonyl (C=O) groups is 3. The van der Waals surface area contributed by atoms with Crippen molar-refractivity contribution in [2.24, 2.45) is 12.5 Å². The molecule has 5 heterocycles. The number of amides is 2. The minimum absolute atomic E-state index is 0.0839. The number of aromatic nitrogens is 3. The fourth-order valence-electron chi connectivity index (χ4n) is 5.38. The molecule has 39 heavy (non-hydrogen) atoms. The highest BCUT2D eigenvalue weighted by molar-refractivity contribution is 5.96. The number of aryl methyl sites for hydroxylation is 2. The van der Waals surface area contributed by atoms with Crippen LogP contribution in [-0.4, -0.2) is 73.3 Å². The molecule has 0 aliphatic carbocycles. The number of carboxylic acids is 1. The Morgan fingerprint density at radius 1 is 1.18 bits per heavy atom. The summed E-state index contributed by atoms with van der Waals surface area (Å²) in [7, 11) is 1.90. The standard InChI is InChI=1S/C24H27N5O3.C2HF3O2/c1-17-19(7-13-32-17)22(30)29-15-20(21-6-11-26-27(21)2)24(16-29)8-3-12-28(23(24)31)14-18-4-9-25-10-5-18;3-2(4,5)1(6)7/h4-7,9-11,13,20H,3,8,12,14-16H2,1-2H3;(H,6,7)/t20-,24+;/m0./s1. The molecule has 1 N–H and O–H groups in total. The van der Waals surface area contributed by atoms with E-state index in [0.29, 0.717) is 31.0 Å². The highest BCUT2D eigenvalue weighted by Crippen LogP contribution is 2.49. The third-order valence-electron chi connectivity index (χ3n) is 7.26. The van der Waals surface area contributed by atoms with Gasteiger partial charge in [0.25, 0.3) is 5.91 Å². The number of furan rings is 1. The summed E-state index contributed by atoms with van der Waals surface area (Å²) in [4.78, 5) is 44.1. The maximum atomic E-state index is 14.0. The van der Waals surface area contributed by atoms with E-state index < -0.39 is 17.6 Å². The fraction of sp³-hybridized carbons (Fsp3) is 0.423. The molecule has 13 heteroatoms. The number of piperidine rings is 1. The number of carboxylic acid groups (broad SMARTS) is 1. The number of hydrogen-bond acceptors (Lipinski definition) is 6. The van der Waals surface area contributed by atoms with Gasteiger partial charge >= 0.3 is 12.1 Å². The molecule has 10 nitrogen and oxygen atoms in total. The van der Waals surface area contributed by atoms with Crippen molar-refractivity contribution in [3.05, 3.63) is 71.7 Å². The van der Waals surface area contributed by atoms with Gasteiger partial charge in [-0.2, -0.15) is 18.3 Å². The van der Waals surface area contributed by atoms with Crippen molar-refractivity contribution in [1.29, 1.82) is 0 Å². The van der Waals surface area contributed by atoms with Gasteiger partial charge in [-0.15, -0.1) is 0 Å². The number of carbonyl (C=O) groups excluding carboxylic acids is 2. The van der Waals surface area contributed by atoms with E-state index in [4.69, 9.17) is 14.3 Å². The van der Waals surface area contributed by atoms with Gasteiger partial charge < -0.3 is 19.3 Å². The lowest BCUT2D eigenvalue weighted by Crippen LogP contribution is -2.52. The molecule has 3 aromatic rings. The van der Waals surface area contributed by atoms with Crippen molar-refractivity contribution < 1.29 is 37.1 Å². The molecule has 3 aromatic heterocycles. The molecule has 0 aromatic carbocycles. The smallest absolute Gasteiger partial charge is 0.475 e. The molecule has 5 rings (SSSR count). The first kappa shape index (κ1) is 27.9. The summed E-state index contributed by atoms with van der Waals surface area (Å²) in [5, 5.41) is 11.5. The van der Waals surface area contributed by atoms with Gasteiger partial charge in [-0.05, 0) is 49.6 Å². The van der Waals surface area contributed by atoms with Crippen molar-refractivity contribution in [2.75, 3.05) is 19.6 Å². The van der Waals surface area contributed by atoms with Gasteiger partial charge in [0.15, 0.2) is 0 Å². The maximum Gasteiger partial charge on any atom is 0.490 e. The second kappa shape index (κ2) is 10.9. The minimum Gasteiger partial charge on any atom is -0.475 e. The van der Waals surface area contributed by atoms with Gasteiger partial charge in [0, 0.05) is 63.4 Å². The lowest BCUT2D eigenvalue weighted by molar-refractivity contribution is -0.192. The maximum absolute atomic E-state index is 14.0. The third kappa shape index (κ3) is 5.66. The summed E-state index contributed by atoms with van der Waals surface area (Å²) in [5.41, 5.74) is 1.94. The van der Waals surface area contributed by atoms with Crippen LogP contribution in [0.4, 0.5) is 13.2 Å². The molecule has 0 unspecified atom stereocenters. The first-order valence-electron chi connectivity index (χ1n) is 12.2. The van der Waals surface area contributed by atoms with Gasteiger partial charge in [-0.1, -0.05) is 0 Å². The topological polar surface area (TPSA) is 122 Å². The molecule has 0 saturated carbocycles. The zero-order valence-corrected chi connectivity index (χ0v) is 21.4. The van der Waals surface area contributed by atoms with Gasteiger partial charge in [-0.3, -0.25) is 19.3 Å². The molecule has 2 atom stereocenters. The molecule has 2 amide bonds. The van der Waals surface area contributed by atoms with E-state index in [9.17, 15) is 22.8 Å². The number of alkyl halides is 3.